The van der Waals surface area contributed by atoms with Crippen molar-refractivity contribution < 1.29 is 9.53 Å². The molecule has 2 heterocycles. The Labute approximate surface area is 180 Å². The molecule has 1 aromatic heterocycles. The maximum absolute atomic E-state index is 13.0. The average Bonchev–Trinajstić information content (AvgIpc) is 3.37. The predicted molar refractivity (Wildman–Crippen MR) is 116 cm³/mol. The number of amides is 1. The van der Waals surface area contributed by atoms with Crippen molar-refractivity contribution in [2.75, 3.05) is 6.54 Å². The van der Waals surface area contributed by atoms with Gasteiger partial charge >= 0.3 is 0 Å². The first-order valence-electron chi connectivity index (χ1n) is 9.76. The minimum atomic E-state index is 0.0754. The smallest absolute Gasteiger partial charge is 0.227 e. The summed E-state index contributed by atoms with van der Waals surface area (Å²) in [6.07, 6.45) is 3.14. The van der Waals surface area contributed by atoms with Crippen LogP contribution in [0.3, 0.4) is 0 Å². The maximum atomic E-state index is 13.0. The molecule has 2 atom stereocenters. The van der Waals surface area contributed by atoms with Gasteiger partial charge in [0.25, 0.3) is 0 Å². The number of rotatable bonds is 6. The highest BCUT2D eigenvalue weighted by molar-refractivity contribution is 7.09. The molecule has 150 valence electrons. The van der Waals surface area contributed by atoms with Crippen LogP contribution in [-0.2, 0) is 17.8 Å². The zero-order valence-corrected chi connectivity index (χ0v) is 17.8. The molecule has 4 rings (SSSR count). The number of carbonyl (C=O) groups is 1. The van der Waals surface area contributed by atoms with Crippen molar-refractivity contribution in [2.24, 2.45) is 5.92 Å². The summed E-state index contributed by atoms with van der Waals surface area (Å²) < 4.78 is 5.83. The highest BCUT2D eigenvalue weighted by Crippen LogP contribution is 2.38. The summed E-state index contributed by atoms with van der Waals surface area (Å²) in [6.45, 7) is 3.42. The van der Waals surface area contributed by atoms with Crippen LogP contribution < -0.4 is 4.74 Å². The minimum Gasteiger partial charge on any atom is -0.487 e. The van der Waals surface area contributed by atoms with Gasteiger partial charge < -0.3 is 9.64 Å². The molecular formula is C23H23ClN2O2S. The van der Waals surface area contributed by atoms with Gasteiger partial charge in [-0.3, -0.25) is 4.79 Å². The molecule has 2 aromatic carbocycles. The van der Waals surface area contributed by atoms with Crippen molar-refractivity contribution in [3.8, 4) is 5.75 Å². The minimum absolute atomic E-state index is 0.0754. The fraction of sp³-hybridized carbons (Fsp3) is 0.304. The fourth-order valence-electron chi connectivity index (χ4n) is 3.77. The van der Waals surface area contributed by atoms with Crippen molar-refractivity contribution in [3.63, 3.8) is 0 Å². The highest BCUT2D eigenvalue weighted by atomic mass is 35.5. The second kappa shape index (κ2) is 8.97. The summed E-state index contributed by atoms with van der Waals surface area (Å²) in [7, 11) is 0. The molecule has 0 spiro atoms. The normalized spacial score (nSPS) is 18.8. The van der Waals surface area contributed by atoms with Crippen molar-refractivity contribution in [1.29, 1.82) is 0 Å². The molecule has 6 heteroatoms. The van der Waals surface area contributed by atoms with Gasteiger partial charge in [0.05, 0.1) is 17.5 Å². The Hall–Kier alpha value is -2.37. The van der Waals surface area contributed by atoms with Crippen LogP contribution in [0.15, 0.2) is 60.1 Å². The summed E-state index contributed by atoms with van der Waals surface area (Å²) in [6, 6.07) is 15.6. The molecule has 0 saturated carbocycles. The summed E-state index contributed by atoms with van der Waals surface area (Å²) in [4.78, 5) is 19.4. The van der Waals surface area contributed by atoms with Gasteiger partial charge in [-0.15, -0.1) is 11.3 Å². The van der Waals surface area contributed by atoms with Gasteiger partial charge in [-0.25, -0.2) is 4.98 Å². The molecular weight excluding hydrogens is 404 g/mol. The lowest BCUT2D eigenvalue weighted by atomic mass is 10.0. The molecule has 0 radical (unpaired) electrons. The molecule has 0 bridgehead atoms. The summed E-state index contributed by atoms with van der Waals surface area (Å²) in [5, 5.41) is 3.51. The summed E-state index contributed by atoms with van der Waals surface area (Å²) in [5.41, 5.74) is 1.98. The number of thiazole rings is 1. The molecule has 4 nitrogen and oxygen atoms in total. The number of benzene rings is 2. The number of carbonyl (C=O) groups excluding carboxylic acids is 1. The summed E-state index contributed by atoms with van der Waals surface area (Å²) >= 11 is 8.03. The number of nitrogens with zero attached hydrogens (tertiary/aromatic N) is 2. The van der Waals surface area contributed by atoms with Crippen LogP contribution >= 0.6 is 22.9 Å². The monoisotopic (exact) mass is 426 g/mol. The Morgan fingerprint density at radius 1 is 1.24 bits per heavy atom. The second-order valence-electron chi connectivity index (χ2n) is 7.38. The van der Waals surface area contributed by atoms with E-state index < -0.39 is 0 Å². The van der Waals surface area contributed by atoms with Crippen LogP contribution in [0, 0.1) is 5.92 Å². The number of likely N-dealkylation sites (tertiary alicyclic amines) is 1. The summed E-state index contributed by atoms with van der Waals surface area (Å²) in [5.74, 6) is 1.16. The Morgan fingerprint density at radius 2 is 2.07 bits per heavy atom. The van der Waals surface area contributed by atoms with E-state index >= 15 is 0 Å². The van der Waals surface area contributed by atoms with E-state index in [0.717, 1.165) is 29.1 Å². The number of hydrogen-bond donors (Lipinski definition) is 0. The zero-order chi connectivity index (χ0) is 20.2. The van der Waals surface area contributed by atoms with E-state index in [9.17, 15) is 4.79 Å². The molecule has 29 heavy (non-hydrogen) atoms. The molecule has 1 saturated heterocycles. The van der Waals surface area contributed by atoms with E-state index in [0.29, 0.717) is 29.7 Å². The van der Waals surface area contributed by atoms with Gasteiger partial charge in [0, 0.05) is 18.1 Å². The maximum Gasteiger partial charge on any atom is 0.227 e. The van der Waals surface area contributed by atoms with Gasteiger partial charge in [0.1, 0.15) is 17.4 Å². The van der Waals surface area contributed by atoms with E-state index in [2.05, 4.69) is 11.9 Å². The Bertz CT molecular complexity index is 962. The van der Waals surface area contributed by atoms with Gasteiger partial charge in [0.15, 0.2) is 0 Å². The lowest BCUT2D eigenvalue weighted by Gasteiger charge is -2.25. The van der Waals surface area contributed by atoms with E-state index in [1.807, 2.05) is 65.0 Å². The highest BCUT2D eigenvalue weighted by Gasteiger charge is 2.36. The Balaban J connectivity index is 1.41. The van der Waals surface area contributed by atoms with Gasteiger partial charge in [-0.1, -0.05) is 54.9 Å². The quantitative estimate of drug-likeness (QED) is 0.520. The third-order valence-corrected chi connectivity index (χ3v) is 6.46. The first kappa shape index (κ1) is 19.9. The Kier molecular flexibility index (Phi) is 6.16. The molecule has 1 amide bonds. The molecule has 0 N–H and O–H groups in total. The zero-order valence-electron chi connectivity index (χ0n) is 16.3. The SMILES string of the molecule is CC1CCN(C(=O)Cc2ccc(OCc3ccccc3)c(Cl)c2)C1c1nccs1. The fourth-order valence-corrected chi connectivity index (χ4v) is 4.91. The topological polar surface area (TPSA) is 42.4 Å². The van der Waals surface area contributed by atoms with E-state index in [1.54, 1.807) is 11.3 Å². The lowest BCUT2D eigenvalue weighted by molar-refractivity contribution is -0.131. The molecule has 3 aromatic rings. The van der Waals surface area contributed by atoms with Crippen LogP contribution in [0.5, 0.6) is 5.75 Å². The van der Waals surface area contributed by atoms with Gasteiger partial charge in [0.2, 0.25) is 5.91 Å². The molecule has 1 fully saturated rings. The number of hydrogen-bond acceptors (Lipinski definition) is 4. The van der Waals surface area contributed by atoms with Crippen LogP contribution in [0.1, 0.15) is 35.5 Å². The number of ether oxygens (including phenoxy) is 1. The third kappa shape index (κ3) is 4.62. The molecule has 1 aliphatic heterocycles. The van der Waals surface area contributed by atoms with Gasteiger partial charge in [-0.2, -0.15) is 0 Å². The van der Waals surface area contributed by atoms with E-state index in [4.69, 9.17) is 16.3 Å². The first-order valence-corrected chi connectivity index (χ1v) is 11.0. The van der Waals surface area contributed by atoms with Crippen LogP contribution in [0.2, 0.25) is 5.02 Å². The first-order chi connectivity index (χ1) is 14.1. The van der Waals surface area contributed by atoms with Crippen molar-refractivity contribution >= 4 is 28.8 Å². The van der Waals surface area contributed by atoms with Crippen LogP contribution in [0.25, 0.3) is 0 Å². The average molecular weight is 427 g/mol. The number of aromatic nitrogens is 1. The largest absolute Gasteiger partial charge is 0.487 e. The van der Waals surface area contributed by atoms with Crippen LogP contribution in [-0.4, -0.2) is 22.3 Å². The van der Waals surface area contributed by atoms with Crippen molar-refractivity contribution in [1.82, 2.24) is 9.88 Å². The molecule has 1 aliphatic rings. The lowest BCUT2D eigenvalue weighted by Crippen LogP contribution is -2.33. The van der Waals surface area contributed by atoms with Crippen LogP contribution in [0.4, 0.5) is 0 Å². The molecule has 2 unspecified atom stereocenters. The number of halogens is 1. The van der Waals surface area contributed by atoms with Crippen molar-refractivity contribution in [3.05, 3.63) is 81.3 Å². The third-order valence-electron chi connectivity index (χ3n) is 5.31. The second-order valence-corrected chi connectivity index (χ2v) is 8.72. The predicted octanol–water partition coefficient (Wildman–Crippen LogP) is 5.53. The van der Waals surface area contributed by atoms with Gasteiger partial charge in [-0.05, 0) is 35.6 Å². The van der Waals surface area contributed by atoms with E-state index in [-0.39, 0.29) is 11.9 Å². The molecule has 0 aliphatic carbocycles. The van der Waals surface area contributed by atoms with Crippen molar-refractivity contribution in [2.45, 2.75) is 32.4 Å². The van der Waals surface area contributed by atoms with E-state index in [1.165, 1.54) is 0 Å². The standard InChI is InChI=1S/C23H23ClN2O2S/c1-16-9-11-26(22(16)23-25-10-12-29-23)21(27)14-18-7-8-20(19(24)13-18)28-15-17-5-3-2-4-6-17/h2-8,10,12-13,16,22H,9,11,14-15H2,1H3. The Morgan fingerprint density at radius 3 is 2.79 bits per heavy atom.